The van der Waals surface area contributed by atoms with Gasteiger partial charge in [0.1, 0.15) is 0 Å². The lowest BCUT2D eigenvalue weighted by molar-refractivity contribution is -0.117. The van der Waals surface area contributed by atoms with E-state index in [0.717, 1.165) is 19.4 Å². The Kier molecular flexibility index (Phi) is 4.81. The summed E-state index contributed by atoms with van der Waals surface area (Å²) in [5.74, 6) is -0.590. The molecular weight excluding hydrogens is 396 g/mol. The highest BCUT2D eigenvalue weighted by Gasteiger charge is 2.32. The Labute approximate surface area is 178 Å². The van der Waals surface area contributed by atoms with E-state index in [1.165, 1.54) is 4.88 Å². The monoisotopic (exact) mass is 416 g/mol. The van der Waals surface area contributed by atoms with E-state index in [1.807, 2.05) is 6.07 Å². The van der Waals surface area contributed by atoms with Crippen molar-refractivity contribution in [1.29, 1.82) is 0 Å². The first kappa shape index (κ1) is 18.9. The van der Waals surface area contributed by atoms with E-state index in [0.29, 0.717) is 22.4 Å². The number of fused-ring (bicyclic) bond motifs is 2. The molecule has 5 nitrogen and oxygen atoms in total. The first-order valence-electron chi connectivity index (χ1n) is 10.0. The number of hydrogen-bond acceptors (Lipinski definition) is 5. The highest BCUT2D eigenvalue weighted by molar-refractivity contribution is 7.10. The Bertz CT molecular complexity index is 1150. The van der Waals surface area contributed by atoms with Crippen molar-refractivity contribution in [2.75, 3.05) is 18.4 Å². The summed E-state index contributed by atoms with van der Waals surface area (Å²) >= 11 is 1.71. The first-order chi connectivity index (χ1) is 14.6. The number of nitrogens with one attached hydrogen (secondary N) is 1. The summed E-state index contributed by atoms with van der Waals surface area (Å²) in [6.07, 6.45) is 2.10. The van der Waals surface area contributed by atoms with Crippen LogP contribution in [0.5, 0.6) is 0 Å². The van der Waals surface area contributed by atoms with Crippen molar-refractivity contribution in [2.24, 2.45) is 0 Å². The zero-order valence-corrected chi connectivity index (χ0v) is 17.1. The summed E-state index contributed by atoms with van der Waals surface area (Å²) < 4.78 is 0. The van der Waals surface area contributed by atoms with Crippen LogP contribution in [0.3, 0.4) is 0 Å². The SMILES string of the molecule is O=C(CN1CCC[C@@H]1c1cccs1)Nc1cccc2c1C(=O)c1ccccc1C2=O. The molecule has 6 heteroatoms. The van der Waals surface area contributed by atoms with Crippen LogP contribution >= 0.6 is 11.3 Å². The Hall–Kier alpha value is -3.09. The van der Waals surface area contributed by atoms with E-state index in [1.54, 1.807) is 53.8 Å². The summed E-state index contributed by atoms with van der Waals surface area (Å²) in [5, 5.41) is 4.95. The number of amides is 1. The first-order valence-corrected chi connectivity index (χ1v) is 10.9. The number of hydrogen-bond donors (Lipinski definition) is 1. The minimum Gasteiger partial charge on any atom is -0.324 e. The van der Waals surface area contributed by atoms with Gasteiger partial charge in [-0.3, -0.25) is 19.3 Å². The fourth-order valence-corrected chi connectivity index (χ4v) is 5.34. The molecule has 2 aromatic carbocycles. The van der Waals surface area contributed by atoms with Crippen LogP contribution in [0.4, 0.5) is 5.69 Å². The van der Waals surface area contributed by atoms with Gasteiger partial charge in [0, 0.05) is 27.6 Å². The summed E-state index contributed by atoms with van der Waals surface area (Å²) in [4.78, 5) is 42.3. The normalized spacial score (nSPS) is 18.2. The van der Waals surface area contributed by atoms with E-state index in [9.17, 15) is 14.4 Å². The molecule has 1 atom stereocenters. The summed E-state index contributed by atoms with van der Waals surface area (Å²) in [6.45, 7) is 1.12. The van der Waals surface area contributed by atoms with Crippen molar-refractivity contribution in [1.82, 2.24) is 4.90 Å². The number of rotatable bonds is 4. The second-order valence-corrected chi connectivity index (χ2v) is 8.60. The smallest absolute Gasteiger partial charge is 0.238 e. The highest BCUT2D eigenvalue weighted by Crippen LogP contribution is 2.35. The standard InChI is InChI=1S/C24H20N2O3S/c27-21(14-26-12-4-10-19(26)20-11-5-13-30-20)25-18-9-3-8-17-22(18)24(29)16-7-2-1-6-15(16)23(17)28/h1-3,5-9,11,13,19H,4,10,12,14H2,(H,25,27)/t19-/m1/s1. The van der Waals surface area contributed by atoms with Gasteiger partial charge in [-0.15, -0.1) is 11.3 Å². The molecule has 0 spiro atoms. The molecule has 1 N–H and O–H groups in total. The minimum absolute atomic E-state index is 0.175. The van der Waals surface area contributed by atoms with E-state index >= 15 is 0 Å². The Morgan fingerprint density at radius 3 is 2.50 bits per heavy atom. The minimum atomic E-state index is -0.228. The molecule has 1 aliphatic heterocycles. The Balaban J connectivity index is 1.39. The molecule has 1 aromatic heterocycles. The van der Waals surface area contributed by atoms with E-state index < -0.39 is 0 Å². The third kappa shape index (κ3) is 3.18. The number of nitrogens with zero attached hydrogens (tertiary/aromatic N) is 1. The van der Waals surface area contributed by atoms with Crippen molar-refractivity contribution >= 4 is 34.5 Å². The van der Waals surface area contributed by atoms with Gasteiger partial charge in [0.25, 0.3) is 0 Å². The van der Waals surface area contributed by atoms with E-state index in [-0.39, 0.29) is 35.6 Å². The van der Waals surface area contributed by atoms with Crippen LogP contribution in [0.25, 0.3) is 0 Å². The molecule has 0 radical (unpaired) electrons. The lowest BCUT2D eigenvalue weighted by Gasteiger charge is -2.24. The molecule has 5 rings (SSSR count). The second kappa shape index (κ2) is 7.63. The lowest BCUT2D eigenvalue weighted by atomic mass is 9.83. The number of anilines is 1. The number of ketones is 2. The third-order valence-corrected chi connectivity index (χ3v) is 6.78. The quantitative estimate of drug-likeness (QED) is 0.539. The molecule has 0 saturated carbocycles. The Morgan fingerprint density at radius 1 is 0.967 bits per heavy atom. The van der Waals surface area contributed by atoms with E-state index in [4.69, 9.17) is 0 Å². The maximum Gasteiger partial charge on any atom is 0.238 e. The Morgan fingerprint density at radius 2 is 1.73 bits per heavy atom. The van der Waals surface area contributed by atoms with Crippen LogP contribution in [0.1, 0.15) is 55.6 Å². The molecule has 2 heterocycles. The predicted octanol–water partition coefficient (Wildman–Crippen LogP) is 4.30. The molecule has 150 valence electrons. The zero-order valence-electron chi connectivity index (χ0n) is 16.3. The van der Waals surface area contributed by atoms with Crippen LogP contribution in [0, 0.1) is 0 Å². The molecule has 2 aliphatic rings. The molecule has 1 fully saturated rings. The maximum atomic E-state index is 13.1. The molecule has 1 aliphatic carbocycles. The predicted molar refractivity (Wildman–Crippen MR) is 116 cm³/mol. The maximum absolute atomic E-state index is 13.1. The fourth-order valence-electron chi connectivity index (χ4n) is 4.44. The number of benzene rings is 2. The molecule has 0 bridgehead atoms. The van der Waals surface area contributed by atoms with Crippen molar-refractivity contribution in [3.63, 3.8) is 0 Å². The van der Waals surface area contributed by atoms with Crippen LogP contribution < -0.4 is 5.32 Å². The number of carbonyl (C=O) groups is 3. The largest absolute Gasteiger partial charge is 0.324 e. The molecule has 0 unspecified atom stereocenters. The second-order valence-electron chi connectivity index (χ2n) is 7.62. The van der Waals surface area contributed by atoms with Gasteiger partial charge < -0.3 is 5.32 Å². The lowest BCUT2D eigenvalue weighted by Crippen LogP contribution is -2.33. The van der Waals surface area contributed by atoms with Crippen molar-refractivity contribution in [2.45, 2.75) is 18.9 Å². The fraction of sp³-hybridized carbons (Fsp3) is 0.208. The molecule has 1 saturated heterocycles. The van der Waals surface area contributed by atoms with Crippen molar-refractivity contribution < 1.29 is 14.4 Å². The molecule has 3 aromatic rings. The summed E-state index contributed by atoms with van der Waals surface area (Å²) in [5.41, 5.74) is 1.82. The highest BCUT2D eigenvalue weighted by atomic mass is 32.1. The van der Waals surface area contributed by atoms with Gasteiger partial charge in [-0.1, -0.05) is 42.5 Å². The molecule has 1 amide bonds. The van der Waals surface area contributed by atoms with Crippen LogP contribution in [0.15, 0.2) is 60.0 Å². The third-order valence-electron chi connectivity index (χ3n) is 5.81. The zero-order chi connectivity index (χ0) is 20.7. The van der Waals surface area contributed by atoms with Gasteiger partial charge in [0.2, 0.25) is 5.91 Å². The topological polar surface area (TPSA) is 66.5 Å². The van der Waals surface area contributed by atoms with Crippen molar-refractivity contribution in [3.8, 4) is 0 Å². The van der Waals surface area contributed by atoms with Gasteiger partial charge in [-0.2, -0.15) is 0 Å². The van der Waals surface area contributed by atoms with Gasteiger partial charge >= 0.3 is 0 Å². The number of thiophene rings is 1. The van der Waals surface area contributed by atoms with Gasteiger partial charge in [-0.25, -0.2) is 0 Å². The summed E-state index contributed by atoms with van der Waals surface area (Å²) in [6, 6.07) is 16.3. The van der Waals surface area contributed by atoms with Crippen molar-refractivity contribution in [3.05, 3.63) is 87.1 Å². The van der Waals surface area contributed by atoms with Crippen LogP contribution in [-0.4, -0.2) is 35.5 Å². The van der Waals surface area contributed by atoms with Gasteiger partial charge in [0.15, 0.2) is 11.6 Å². The van der Waals surface area contributed by atoms with Gasteiger partial charge in [-0.05, 0) is 36.9 Å². The van der Waals surface area contributed by atoms with Gasteiger partial charge in [0.05, 0.1) is 17.8 Å². The average molecular weight is 417 g/mol. The van der Waals surface area contributed by atoms with E-state index in [2.05, 4.69) is 21.7 Å². The number of likely N-dealkylation sites (tertiary alicyclic amines) is 1. The average Bonchev–Trinajstić information content (AvgIpc) is 3.43. The molecule has 30 heavy (non-hydrogen) atoms. The van der Waals surface area contributed by atoms with Crippen LogP contribution in [0.2, 0.25) is 0 Å². The summed E-state index contributed by atoms with van der Waals surface area (Å²) in [7, 11) is 0. The molecular formula is C24H20N2O3S. The number of carbonyl (C=O) groups excluding carboxylic acids is 3. The van der Waals surface area contributed by atoms with Crippen LogP contribution in [-0.2, 0) is 4.79 Å².